The molecule has 1 aromatic rings. The first-order chi connectivity index (χ1) is 11.2. The normalized spacial score (nSPS) is 21.7. The van der Waals surface area contributed by atoms with Gasteiger partial charge in [0.05, 0.1) is 6.04 Å². The van der Waals surface area contributed by atoms with Crippen molar-refractivity contribution < 1.29 is 9.63 Å². The van der Waals surface area contributed by atoms with Crippen LogP contribution < -0.4 is 11.1 Å². The van der Waals surface area contributed by atoms with Gasteiger partial charge in [0.2, 0.25) is 0 Å². The van der Waals surface area contributed by atoms with Crippen LogP contribution >= 0.6 is 0 Å². The minimum atomic E-state index is -0.144. The first-order valence-corrected chi connectivity index (χ1v) is 8.56. The van der Waals surface area contributed by atoms with Crippen LogP contribution in [0, 0.1) is 5.92 Å². The molecule has 1 fully saturated rings. The maximum absolute atomic E-state index is 12.1. The lowest BCUT2D eigenvalue weighted by Gasteiger charge is -2.26. The number of nitrogens with zero attached hydrogens (tertiary/aromatic N) is 1. The van der Waals surface area contributed by atoms with E-state index in [0.717, 1.165) is 32.1 Å². The number of hydrogen-bond acceptors (Lipinski definition) is 3. The molecule has 1 aromatic carbocycles. The number of benzene rings is 1. The van der Waals surface area contributed by atoms with E-state index in [1.54, 1.807) is 0 Å². The fourth-order valence-electron chi connectivity index (χ4n) is 3.60. The number of nitrogens with two attached hydrogens (primary N) is 1. The highest BCUT2D eigenvalue weighted by molar-refractivity contribution is 5.82. The van der Waals surface area contributed by atoms with Crippen LogP contribution in [0.3, 0.4) is 0 Å². The van der Waals surface area contributed by atoms with Gasteiger partial charge in [0.25, 0.3) is 5.91 Å². The maximum atomic E-state index is 12.1. The summed E-state index contributed by atoms with van der Waals surface area (Å²) >= 11 is 0. The van der Waals surface area contributed by atoms with Crippen LogP contribution in [-0.4, -0.2) is 18.3 Å². The lowest BCUT2D eigenvalue weighted by atomic mass is 9.88. The van der Waals surface area contributed by atoms with Gasteiger partial charge in [-0.15, -0.1) is 0 Å². The van der Waals surface area contributed by atoms with E-state index in [9.17, 15) is 4.79 Å². The smallest absolute Gasteiger partial charge is 0.261 e. The number of nitrogens with one attached hydrogen (secondary N) is 1. The summed E-state index contributed by atoms with van der Waals surface area (Å²) in [6, 6.07) is 8.37. The minimum Gasteiger partial charge on any atom is -0.384 e. The third-order valence-corrected chi connectivity index (χ3v) is 4.84. The average Bonchev–Trinajstić information content (AvgIpc) is 3.10. The quantitative estimate of drug-likeness (QED) is 0.498. The van der Waals surface area contributed by atoms with Crippen molar-refractivity contribution in [3.05, 3.63) is 35.4 Å². The zero-order valence-electron chi connectivity index (χ0n) is 13.5. The Kier molecular flexibility index (Phi) is 5.16. The summed E-state index contributed by atoms with van der Waals surface area (Å²) in [5.41, 5.74) is 8.46. The Hall–Kier alpha value is -2.04. The number of aryl methyl sites for hydroxylation is 1. The zero-order valence-corrected chi connectivity index (χ0v) is 13.5. The third-order valence-electron chi connectivity index (χ3n) is 4.84. The van der Waals surface area contributed by atoms with E-state index < -0.39 is 0 Å². The zero-order chi connectivity index (χ0) is 16.1. The highest BCUT2D eigenvalue weighted by atomic mass is 16.6. The van der Waals surface area contributed by atoms with Crippen molar-refractivity contribution in [3.63, 3.8) is 0 Å². The molecule has 0 radical (unpaired) electrons. The van der Waals surface area contributed by atoms with Crippen LogP contribution in [0.5, 0.6) is 0 Å². The molecule has 2 aliphatic rings. The molecular formula is C18H25N3O2. The number of rotatable bonds is 5. The molecule has 3 N–H and O–H groups in total. The Morgan fingerprint density at radius 2 is 2.00 bits per heavy atom. The first-order valence-electron chi connectivity index (χ1n) is 8.56. The largest absolute Gasteiger partial charge is 0.384 e. The molecule has 124 valence electrons. The Morgan fingerprint density at radius 3 is 2.83 bits per heavy atom. The molecule has 1 amide bonds. The molecule has 0 aliphatic heterocycles. The van der Waals surface area contributed by atoms with E-state index in [0.29, 0.717) is 11.8 Å². The van der Waals surface area contributed by atoms with Crippen LogP contribution in [0.2, 0.25) is 0 Å². The molecule has 0 heterocycles. The fourth-order valence-corrected chi connectivity index (χ4v) is 3.60. The van der Waals surface area contributed by atoms with Crippen molar-refractivity contribution in [2.75, 3.05) is 6.61 Å². The second-order valence-corrected chi connectivity index (χ2v) is 6.48. The second kappa shape index (κ2) is 7.49. The molecule has 0 spiro atoms. The van der Waals surface area contributed by atoms with Crippen molar-refractivity contribution in [2.24, 2.45) is 16.8 Å². The van der Waals surface area contributed by atoms with Crippen LogP contribution in [0.1, 0.15) is 55.7 Å². The van der Waals surface area contributed by atoms with Gasteiger partial charge in [-0.05, 0) is 43.2 Å². The van der Waals surface area contributed by atoms with Gasteiger partial charge in [-0.1, -0.05) is 42.3 Å². The molecule has 1 saturated carbocycles. The second-order valence-electron chi connectivity index (χ2n) is 6.48. The van der Waals surface area contributed by atoms with Gasteiger partial charge in [-0.25, -0.2) is 0 Å². The molecule has 5 heteroatoms. The molecule has 0 bridgehead atoms. The molecule has 2 aliphatic carbocycles. The summed E-state index contributed by atoms with van der Waals surface area (Å²) in [5.74, 6) is 0.705. The van der Waals surface area contributed by atoms with Gasteiger partial charge in [0.15, 0.2) is 6.61 Å². The van der Waals surface area contributed by atoms with Gasteiger partial charge in [0.1, 0.15) is 5.84 Å². The number of fused-ring (bicyclic) bond motifs is 1. The minimum absolute atomic E-state index is 0.0761. The third kappa shape index (κ3) is 4.03. The van der Waals surface area contributed by atoms with Crippen molar-refractivity contribution in [1.82, 2.24) is 5.32 Å². The number of carbonyl (C=O) groups is 1. The summed E-state index contributed by atoms with van der Waals surface area (Å²) in [4.78, 5) is 17.2. The van der Waals surface area contributed by atoms with Crippen LogP contribution in [0.15, 0.2) is 29.4 Å². The van der Waals surface area contributed by atoms with Crippen molar-refractivity contribution >= 4 is 11.7 Å². The Balaban J connectivity index is 1.49. The van der Waals surface area contributed by atoms with E-state index in [1.165, 1.54) is 24.0 Å². The molecule has 5 nitrogen and oxygen atoms in total. The number of amidine groups is 1. The summed E-state index contributed by atoms with van der Waals surface area (Å²) in [6.45, 7) is -0.0773. The summed E-state index contributed by atoms with van der Waals surface area (Å²) in [7, 11) is 0. The van der Waals surface area contributed by atoms with Gasteiger partial charge in [-0.3, -0.25) is 4.79 Å². The van der Waals surface area contributed by atoms with Crippen molar-refractivity contribution in [2.45, 2.75) is 51.0 Å². The number of amides is 1. The lowest BCUT2D eigenvalue weighted by Crippen LogP contribution is -2.33. The molecular weight excluding hydrogens is 290 g/mol. The molecule has 3 rings (SSSR count). The molecule has 0 unspecified atom stereocenters. The standard InChI is InChI=1S/C18H25N3O2/c19-18(14-7-1-2-8-14)21-23-12-17(22)20-16-11-5-9-13-6-3-4-10-15(13)16/h3-4,6,10,14,16H,1-2,5,7-9,11-12H2,(H2,19,21)(H,20,22)/t16-/m1/s1. The van der Waals surface area contributed by atoms with E-state index in [1.807, 2.05) is 12.1 Å². The topological polar surface area (TPSA) is 76.7 Å². The van der Waals surface area contributed by atoms with E-state index in [4.69, 9.17) is 10.6 Å². The Morgan fingerprint density at radius 1 is 1.22 bits per heavy atom. The number of carbonyl (C=O) groups excluding carboxylic acids is 1. The monoisotopic (exact) mass is 315 g/mol. The Labute approximate surface area is 137 Å². The number of oxime groups is 1. The maximum Gasteiger partial charge on any atom is 0.261 e. The number of hydrogen-bond donors (Lipinski definition) is 2. The van der Waals surface area contributed by atoms with Gasteiger partial charge >= 0.3 is 0 Å². The van der Waals surface area contributed by atoms with Gasteiger partial charge in [0, 0.05) is 5.92 Å². The SMILES string of the molecule is N/C(=N\OCC(=O)N[C@@H]1CCCc2ccccc21)C1CCCC1. The molecule has 1 atom stereocenters. The highest BCUT2D eigenvalue weighted by Gasteiger charge is 2.22. The highest BCUT2D eigenvalue weighted by Crippen LogP contribution is 2.29. The predicted octanol–water partition coefficient (Wildman–Crippen LogP) is 2.66. The van der Waals surface area contributed by atoms with Crippen molar-refractivity contribution in [3.8, 4) is 0 Å². The first kappa shape index (κ1) is 15.8. The Bertz CT molecular complexity index is 579. The van der Waals surface area contributed by atoms with Crippen LogP contribution in [0.25, 0.3) is 0 Å². The lowest BCUT2D eigenvalue weighted by molar-refractivity contribution is -0.126. The van der Waals surface area contributed by atoms with Crippen LogP contribution in [-0.2, 0) is 16.1 Å². The van der Waals surface area contributed by atoms with Crippen LogP contribution in [0.4, 0.5) is 0 Å². The summed E-state index contributed by atoms with van der Waals surface area (Å²) < 4.78 is 0. The van der Waals surface area contributed by atoms with E-state index in [-0.39, 0.29) is 18.6 Å². The van der Waals surface area contributed by atoms with E-state index >= 15 is 0 Å². The van der Waals surface area contributed by atoms with E-state index in [2.05, 4.69) is 22.6 Å². The molecule has 0 saturated heterocycles. The van der Waals surface area contributed by atoms with Gasteiger partial charge in [-0.2, -0.15) is 0 Å². The predicted molar refractivity (Wildman–Crippen MR) is 89.8 cm³/mol. The van der Waals surface area contributed by atoms with Gasteiger partial charge < -0.3 is 15.9 Å². The molecule has 23 heavy (non-hydrogen) atoms. The summed E-state index contributed by atoms with van der Waals surface area (Å²) in [5, 5.41) is 6.96. The molecule has 0 aromatic heterocycles. The fraction of sp³-hybridized carbons (Fsp3) is 0.556. The summed E-state index contributed by atoms with van der Waals surface area (Å²) in [6.07, 6.45) is 7.69. The average molecular weight is 315 g/mol. The van der Waals surface area contributed by atoms with Crippen molar-refractivity contribution in [1.29, 1.82) is 0 Å².